The number of nitrogens with one attached hydrogen (secondary N) is 1. The van der Waals surface area contributed by atoms with Crippen LogP contribution in [0.15, 0.2) is 95.4 Å². The summed E-state index contributed by atoms with van der Waals surface area (Å²) < 4.78 is 6.14. The number of anilines is 2. The Morgan fingerprint density at radius 3 is 2.13 bits per heavy atom. The maximum atomic E-state index is 6.14. The first-order valence-electron chi connectivity index (χ1n) is 10.4. The molecule has 0 radical (unpaired) electrons. The van der Waals surface area contributed by atoms with Gasteiger partial charge in [0.25, 0.3) is 0 Å². The minimum Gasteiger partial charge on any atom is -0.456 e. The number of hydrogen-bond donors (Lipinski definition) is 1. The normalized spacial score (nSPS) is 11.8. The van der Waals surface area contributed by atoms with E-state index in [0.717, 1.165) is 33.3 Å². The minimum absolute atomic E-state index is 0.0907. The minimum atomic E-state index is 0.0907. The van der Waals surface area contributed by atoms with E-state index in [1.165, 1.54) is 16.7 Å². The first-order chi connectivity index (χ1) is 14.5. The van der Waals surface area contributed by atoms with Crippen molar-refractivity contribution >= 4 is 33.3 Å². The SMILES string of the molecule is CC(C)(C)c1ccc2oc3cccc(Nc4ccc(-c5ccccc5)cc4)c3c2c1. The van der Waals surface area contributed by atoms with Gasteiger partial charge in [0.1, 0.15) is 11.2 Å². The quantitative estimate of drug-likeness (QED) is 0.334. The van der Waals surface area contributed by atoms with Crippen LogP contribution in [0.3, 0.4) is 0 Å². The molecule has 0 fully saturated rings. The Labute approximate surface area is 177 Å². The second kappa shape index (κ2) is 7.07. The van der Waals surface area contributed by atoms with Gasteiger partial charge in [-0.2, -0.15) is 0 Å². The van der Waals surface area contributed by atoms with Gasteiger partial charge in [-0.1, -0.05) is 75.4 Å². The zero-order valence-corrected chi connectivity index (χ0v) is 17.6. The molecule has 2 heteroatoms. The van der Waals surface area contributed by atoms with E-state index in [1.807, 2.05) is 18.2 Å². The summed E-state index contributed by atoms with van der Waals surface area (Å²) in [6.45, 7) is 6.72. The summed E-state index contributed by atoms with van der Waals surface area (Å²) in [6.07, 6.45) is 0. The van der Waals surface area contributed by atoms with Crippen LogP contribution in [0.1, 0.15) is 26.3 Å². The van der Waals surface area contributed by atoms with Crippen LogP contribution in [0.5, 0.6) is 0 Å². The molecular weight excluding hydrogens is 366 g/mol. The molecule has 1 N–H and O–H groups in total. The Hall–Kier alpha value is -3.52. The summed E-state index contributed by atoms with van der Waals surface area (Å²) in [5.74, 6) is 0. The van der Waals surface area contributed by atoms with Gasteiger partial charge in [-0.25, -0.2) is 0 Å². The van der Waals surface area contributed by atoms with E-state index in [0.29, 0.717) is 0 Å². The summed E-state index contributed by atoms with van der Waals surface area (Å²) >= 11 is 0. The Morgan fingerprint density at radius 1 is 0.667 bits per heavy atom. The molecular formula is C28H25NO. The van der Waals surface area contributed by atoms with Crippen molar-refractivity contribution < 1.29 is 4.42 Å². The van der Waals surface area contributed by atoms with Crippen molar-refractivity contribution in [2.75, 3.05) is 5.32 Å². The van der Waals surface area contributed by atoms with Gasteiger partial charge in [0.05, 0.1) is 11.1 Å². The van der Waals surface area contributed by atoms with E-state index in [1.54, 1.807) is 0 Å². The zero-order chi connectivity index (χ0) is 20.7. The summed E-state index contributed by atoms with van der Waals surface area (Å²) in [5, 5.41) is 5.89. The summed E-state index contributed by atoms with van der Waals surface area (Å²) in [6, 6.07) is 31.7. The standard InChI is InChI=1S/C28H25NO/c1-28(2,3)21-14-17-25-23(18-21)27-24(10-7-11-26(27)30-25)29-22-15-12-20(13-16-22)19-8-5-4-6-9-19/h4-18,29H,1-3H3. The van der Waals surface area contributed by atoms with E-state index < -0.39 is 0 Å². The summed E-state index contributed by atoms with van der Waals surface area (Å²) in [5.41, 5.74) is 7.78. The predicted octanol–water partition coefficient (Wildman–Crippen LogP) is 8.29. The maximum Gasteiger partial charge on any atom is 0.137 e. The van der Waals surface area contributed by atoms with Gasteiger partial charge < -0.3 is 9.73 Å². The second-order valence-electron chi connectivity index (χ2n) is 8.81. The molecule has 0 saturated carbocycles. The molecule has 2 nitrogen and oxygen atoms in total. The van der Waals surface area contributed by atoms with Gasteiger partial charge in [0, 0.05) is 11.1 Å². The number of hydrogen-bond acceptors (Lipinski definition) is 2. The Kier molecular flexibility index (Phi) is 4.36. The molecule has 4 aromatic carbocycles. The van der Waals surface area contributed by atoms with Crippen molar-refractivity contribution in [3.05, 3.63) is 96.6 Å². The second-order valence-corrected chi connectivity index (χ2v) is 8.81. The highest BCUT2D eigenvalue weighted by atomic mass is 16.3. The van der Waals surface area contributed by atoms with Crippen molar-refractivity contribution in [3.8, 4) is 11.1 Å². The average molecular weight is 392 g/mol. The van der Waals surface area contributed by atoms with Crippen LogP contribution in [0.4, 0.5) is 11.4 Å². The molecule has 0 bridgehead atoms. The fraction of sp³-hybridized carbons (Fsp3) is 0.143. The maximum absolute atomic E-state index is 6.14. The molecule has 0 aliphatic carbocycles. The van der Waals surface area contributed by atoms with Crippen LogP contribution in [0.2, 0.25) is 0 Å². The van der Waals surface area contributed by atoms with Gasteiger partial charge in [0.2, 0.25) is 0 Å². The first-order valence-corrected chi connectivity index (χ1v) is 10.4. The average Bonchev–Trinajstić information content (AvgIpc) is 3.13. The molecule has 0 atom stereocenters. The highest BCUT2D eigenvalue weighted by Crippen LogP contribution is 2.37. The van der Waals surface area contributed by atoms with Crippen LogP contribution in [0, 0.1) is 0 Å². The van der Waals surface area contributed by atoms with Gasteiger partial charge in [-0.15, -0.1) is 0 Å². The summed E-state index contributed by atoms with van der Waals surface area (Å²) in [4.78, 5) is 0. The van der Waals surface area contributed by atoms with Crippen LogP contribution in [0.25, 0.3) is 33.1 Å². The van der Waals surface area contributed by atoms with Gasteiger partial charge in [-0.05, 0) is 58.5 Å². The molecule has 148 valence electrons. The predicted molar refractivity (Wildman–Crippen MR) is 128 cm³/mol. The Balaban J connectivity index is 1.55. The molecule has 0 aliphatic rings. The molecule has 0 spiro atoms. The smallest absolute Gasteiger partial charge is 0.137 e. The molecule has 0 amide bonds. The van der Waals surface area contributed by atoms with Crippen molar-refractivity contribution in [2.45, 2.75) is 26.2 Å². The Morgan fingerprint density at radius 2 is 1.40 bits per heavy atom. The van der Waals surface area contributed by atoms with E-state index in [-0.39, 0.29) is 5.41 Å². The molecule has 0 saturated heterocycles. The van der Waals surface area contributed by atoms with Crippen molar-refractivity contribution in [1.82, 2.24) is 0 Å². The third-order valence-corrected chi connectivity index (χ3v) is 5.63. The molecule has 30 heavy (non-hydrogen) atoms. The summed E-state index contributed by atoms with van der Waals surface area (Å²) in [7, 11) is 0. The van der Waals surface area contributed by atoms with E-state index in [9.17, 15) is 0 Å². The largest absolute Gasteiger partial charge is 0.456 e. The van der Waals surface area contributed by atoms with Crippen molar-refractivity contribution in [3.63, 3.8) is 0 Å². The van der Waals surface area contributed by atoms with Crippen LogP contribution in [-0.4, -0.2) is 0 Å². The molecule has 5 rings (SSSR count). The first kappa shape index (κ1) is 18.5. The molecule has 0 aliphatic heterocycles. The Bertz CT molecular complexity index is 1320. The fourth-order valence-electron chi connectivity index (χ4n) is 3.93. The topological polar surface area (TPSA) is 25.2 Å². The lowest BCUT2D eigenvalue weighted by Gasteiger charge is -2.18. The molecule has 1 heterocycles. The zero-order valence-electron chi connectivity index (χ0n) is 17.6. The molecule has 1 aromatic heterocycles. The van der Waals surface area contributed by atoms with Crippen LogP contribution >= 0.6 is 0 Å². The number of fused-ring (bicyclic) bond motifs is 3. The van der Waals surface area contributed by atoms with Gasteiger partial charge in [-0.3, -0.25) is 0 Å². The van der Waals surface area contributed by atoms with E-state index in [4.69, 9.17) is 4.42 Å². The van der Waals surface area contributed by atoms with Crippen molar-refractivity contribution in [2.24, 2.45) is 0 Å². The lowest BCUT2D eigenvalue weighted by molar-refractivity contribution is 0.590. The number of furan rings is 1. The lowest BCUT2D eigenvalue weighted by Crippen LogP contribution is -2.10. The molecule has 5 aromatic rings. The lowest BCUT2D eigenvalue weighted by atomic mass is 9.86. The molecule has 0 unspecified atom stereocenters. The van der Waals surface area contributed by atoms with Crippen LogP contribution in [-0.2, 0) is 5.41 Å². The number of rotatable bonds is 3. The van der Waals surface area contributed by atoms with Gasteiger partial charge in [0.15, 0.2) is 0 Å². The van der Waals surface area contributed by atoms with Crippen molar-refractivity contribution in [1.29, 1.82) is 0 Å². The third kappa shape index (κ3) is 3.35. The van der Waals surface area contributed by atoms with Gasteiger partial charge >= 0.3 is 0 Å². The number of benzene rings is 4. The highest BCUT2D eigenvalue weighted by molar-refractivity contribution is 6.12. The van der Waals surface area contributed by atoms with Crippen LogP contribution < -0.4 is 5.32 Å². The third-order valence-electron chi connectivity index (χ3n) is 5.63. The fourth-order valence-corrected chi connectivity index (χ4v) is 3.93. The van der Waals surface area contributed by atoms with E-state index >= 15 is 0 Å². The van der Waals surface area contributed by atoms with E-state index in [2.05, 4.69) is 98.9 Å². The monoisotopic (exact) mass is 391 g/mol. The highest BCUT2D eigenvalue weighted by Gasteiger charge is 2.17.